The third kappa shape index (κ3) is 4.62. The summed E-state index contributed by atoms with van der Waals surface area (Å²) in [7, 11) is 1.39. The van der Waals surface area contributed by atoms with E-state index in [0.29, 0.717) is 4.57 Å². The highest BCUT2D eigenvalue weighted by Crippen LogP contribution is 2.20. The Balaban J connectivity index is 2.42. The number of likely N-dealkylation sites (N-methyl/N-ethyl adjacent to an activating group) is 1. The van der Waals surface area contributed by atoms with Gasteiger partial charge in [0, 0.05) is 24.2 Å². The van der Waals surface area contributed by atoms with Crippen LogP contribution in [-0.4, -0.2) is 31.6 Å². The summed E-state index contributed by atoms with van der Waals surface area (Å²) in [6.45, 7) is 5.90. The molecule has 0 fully saturated rings. The summed E-state index contributed by atoms with van der Waals surface area (Å²) in [6, 6.07) is 4.14. The van der Waals surface area contributed by atoms with Crippen molar-refractivity contribution in [3.05, 3.63) is 91.4 Å². The van der Waals surface area contributed by atoms with Crippen LogP contribution in [-0.2, 0) is 31.0 Å². The number of hydrogen-bond acceptors (Lipinski definition) is 4. The Hall–Kier alpha value is -3.20. The normalized spacial score (nSPS) is 10.6. The largest absolute Gasteiger partial charge is 0.340 e. The first-order chi connectivity index (χ1) is 13.7. The Morgan fingerprint density at radius 1 is 1.07 bits per heavy atom. The Kier molecular flexibility index (Phi) is 7.11. The third-order valence-corrected chi connectivity index (χ3v) is 4.54. The highest BCUT2D eigenvalue weighted by molar-refractivity contribution is 6.31. The minimum Gasteiger partial charge on any atom is -0.340 e. The van der Waals surface area contributed by atoms with Gasteiger partial charge in [0.25, 0.3) is 0 Å². The van der Waals surface area contributed by atoms with Gasteiger partial charge < -0.3 is 4.90 Å². The van der Waals surface area contributed by atoms with Crippen LogP contribution in [0, 0.1) is 5.82 Å². The molecule has 0 bridgehead atoms. The van der Waals surface area contributed by atoms with Gasteiger partial charge in [0.15, 0.2) is 0 Å². The molecule has 154 valence electrons. The van der Waals surface area contributed by atoms with Gasteiger partial charge >= 0.3 is 17.1 Å². The van der Waals surface area contributed by atoms with Crippen LogP contribution in [0.5, 0.6) is 0 Å². The lowest BCUT2D eigenvalue weighted by Gasteiger charge is -2.19. The van der Waals surface area contributed by atoms with E-state index in [9.17, 15) is 23.6 Å². The van der Waals surface area contributed by atoms with E-state index in [4.69, 9.17) is 11.6 Å². The number of aromatic nitrogens is 3. The van der Waals surface area contributed by atoms with Crippen molar-refractivity contribution in [2.45, 2.75) is 26.2 Å². The minimum absolute atomic E-state index is 0.109. The average molecular weight is 423 g/mol. The first-order valence-corrected chi connectivity index (χ1v) is 8.93. The Morgan fingerprint density at radius 2 is 1.59 bits per heavy atom. The van der Waals surface area contributed by atoms with Crippen LogP contribution in [0.4, 0.5) is 4.39 Å². The number of rotatable bonds is 8. The smallest absolute Gasteiger partial charge is 0.337 e. The van der Waals surface area contributed by atoms with Gasteiger partial charge in [-0.25, -0.2) is 32.5 Å². The fraction of sp³-hybridized carbons (Fsp3) is 0.263. The molecule has 0 atom stereocenters. The molecule has 0 saturated carbocycles. The summed E-state index contributed by atoms with van der Waals surface area (Å²) in [5.41, 5.74) is -2.59. The molecular weight excluding hydrogens is 403 g/mol. The predicted molar refractivity (Wildman–Crippen MR) is 108 cm³/mol. The van der Waals surface area contributed by atoms with E-state index in [-0.39, 0.29) is 30.2 Å². The monoisotopic (exact) mass is 422 g/mol. The Morgan fingerprint density at radius 3 is 2.07 bits per heavy atom. The molecule has 2 aromatic rings. The molecule has 0 aliphatic carbocycles. The van der Waals surface area contributed by atoms with Crippen molar-refractivity contribution in [2.75, 3.05) is 7.05 Å². The first-order valence-electron chi connectivity index (χ1n) is 8.56. The van der Waals surface area contributed by atoms with Gasteiger partial charge in [-0.15, -0.1) is 13.2 Å². The SMILES string of the molecule is C=CCn1c(=O)n(CC=C)c(=O)n(CC(=O)N(C)Cc2c(F)cccc2Cl)c1=O. The maximum Gasteiger partial charge on any atom is 0.337 e. The van der Waals surface area contributed by atoms with Crippen molar-refractivity contribution in [1.29, 1.82) is 0 Å². The van der Waals surface area contributed by atoms with Gasteiger partial charge in [-0.2, -0.15) is 0 Å². The Labute approximate surface area is 170 Å². The predicted octanol–water partition coefficient (Wildman–Crippen LogP) is 0.995. The zero-order chi connectivity index (χ0) is 21.7. The van der Waals surface area contributed by atoms with E-state index in [1.165, 1.54) is 37.4 Å². The molecule has 0 aliphatic heterocycles. The molecule has 0 aliphatic rings. The molecule has 0 spiro atoms. The van der Waals surface area contributed by atoms with E-state index < -0.39 is 35.3 Å². The molecule has 1 amide bonds. The van der Waals surface area contributed by atoms with Crippen molar-refractivity contribution in [1.82, 2.24) is 18.6 Å². The van der Waals surface area contributed by atoms with Crippen LogP contribution in [0.25, 0.3) is 0 Å². The van der Waals surface area contributed by atoms with Gasteiger partial charge in [-0.1, -0.05) is 29.8 Å². The summed E-state index contributed by atoms with van der Waals surface area (Å²) < 4.78 is 16.2. The van der Waals surface area contributed by atoms with Gasteiger partial charge in [-0.3, -0.25) is 4.79 Å². The average Bonchev–Trinajstić information content (AvgIpc) is 2.68. The van der Waals surface area contributed by atoms with E-state index in [0.717, 1.165) is 14.0 Å². The van der Waals surface area contributed by atoms with E-state index in [1.54, 1.807) is 0 Å². The fourth-order valence-corrected chi connectivity index (χ4v) is 2.88. The molecule has 0 unspecified atom stereocenters. The van der Waals surface area contributed by atoms with Crippen LogP contribution in [0.1, 0.15) is 5.56 Å². The van der Waals surface area contributed by atoms with Crippen molar-refractivity contribution in [3.8, 4) is 0 Å². The number of hydrogen-bond donors (Lipinski definition) is 0. The Bertz CT molecular complexity index is 1060. The van der Waals surface area contributed by atoms with Crippen LogP contribution >= 0.6 is 11.6 Å². The quantitative estimate of drug-likeness (QED) is 0.594. The van der Waals surface area contributed by atoms with E-state index >= 15 is 0 Å². The number of benzene rings is 1. The van der Waals surface area contributed by atoms with Crippen LogP contribution < -0.4 is 17.1 Å². The van der Waals surface area contributed by atoms with Crippen molar-refractivity contribution >= 4 is 17.5 Å². The molecule has 1 aromatic carbocycles. The fourth-order valence-electron chi connectivity index (χ4n) is 2.65. The molecule has 8 nitrogen and oxygen atoms in total. The standard InChI is InChI=1S/C19H20ClFN4O4/c1-4-9-23-17(27)24(10-5-2)19(29)25(18(23)28)12-16(26)22(3)11-13-14(20)7-6-8-15(13)21/h4-8H,1-2,9-12H2,3H3. The lowest BCUT2D eigenvalue weighted by Crippen LogP contribution is -2.55. The first kappa shape index (κ1) is 22.1. The molecular formula is C19H20ClFN4O4. The van der Waals surface area contributed by atoms with Gasteiger partial charge in [-0.05, 0) is 12.1 Å². The summed E-state index contributed by atoms with van der Waals surface area (Å²) in [6.07, 6.45) is 2.65. The molecule has 1 heterocycles. The molecule has 1 aromatic heterocycles. The van der Waals surface area contributed by atoms with Crippen molar-refractivity contribution in [2.24, 2.45) is 0 Å². The van der Waals surface area contributed by atoms with Gasteiger partial charge in [0.2, 0.25) is 5.91 Å². The summed E-state index contributed by atoms with van der Waals surface area (Å²) >= 11 is 5.97. The van der Waals surface area contributed by atoms with Crippen LogP contribution in [0.2, 0.25) is 5.02 Å². The summed E-state index contributed by atoms with van der Waals surface area (Å²) in [5, 5.41) is 0.148. The second-order valence-electron chi connectivity index (χ2n) is 6.18. The summed E-state index contributed by atoms with van der Waals surface area (Å²) in [5.74, 6) is -1.22. The second kappa shape index (κ2) is 9.33. The molecule has 0 radical (unpaired) electrons. The highest BCUT2D eigenvalue weighted by atomic mass is 35.5. The van der Waals surface area contributed by atoms with E-state index in [1.807, 2.05) is 0 Å². The van der Waals surface area contributed by atoms with Crippen LogP contribution in [0.15, 0.2) is 57.9 Å². The third-order valence-electron chi connectivity index (χ3n) is 4.18. The van der Waals surface area contributed by atoms with E-state index in [2.05, 4.69) is 13.2 Å². The zero-order valence-electron chi connectivity index (χ0n) is 15.8. The lowest BCUT2D eigenvalue weighted by atomic mass is 10.2. The number of nitrogens with zero attached hydrogens (tertiary/aromatic N) is 4. The van der Waals surface area contributed by atoms with Gasteiger partial charge in [0.05, 0.1) is 13.1 Å². The highest BCUT2D eigenvalue weighted by Gasteiger charge is 2.20. The number of carbonyl (C=O) groups excluding carboxylic acids is 1. The number of carbonyl (C=O) groups is 1. The topological polar surface area (TPSA) is 86.3 Å². The maximum atomic E-state index is 14.0. The molecule has 2 rings (SSSR count). The molecule has 29 heavy (non-hydrogen) atoms. The number of halogens is 2. The second-order valence-corrected chi connectivity index (χ2v) is 6.59. The molecule has 10 heteroatoms. The van der Waals surface area contributed by atoms with Crippen LogP contribution in [0.3, 0.4) is 0 Å². The maximum absolute atomic E-state index is 14.0. The van der Waals surface area contributed by atoms with Crippen molar-refractivity contribution in [3.63, 3.8) is 0 Å². The summed E-state index contributed by atoms with van der Waals surface area (Å²) in [4.78, 5) is 51.2. The number of amides is 1. The molecule has 0 saturated heterocycles. The minimum atomic E-state index is -0.939. The molecule has 0 N–H and O–H groups in total. The van der Waals surface area contributed by atoms with Gasteiger partial charge in [0.1, 0.15) is 12.4 Å². The lowest BCUT2D eigenvalue weighted by molar-refractivity contribution is -0.131. The number of allylic oxidation sites excluding steroid dienone is 2. The van der Waals surface area contributed by atoms with Crippen molar-refractivity contribution < 1.29 is 9.18 Å². The zero-order valence-corrected chi connectivity index (χ0v) is 16.6.